The predicted molar refractivity (Wildman–Crippen MR) is 69.0 cm³/mol. The van der Waals surface area contributed by atoms with Crippen LogP contribution in [0.3, 0.4) is 0 Å². The zero-order valence-electron chi connectivity index (χ0n) is 10.6. The van der Waals surface area contributed by atoms with Crippen molar-refractivity contribution >= 4 is 17.6 Å². The predicted octanol–water partition coefficient (Wildman–Crippen LogP) is 2.88. The van der Waals surface area contributed by atoms with Crippen LogP contribution in [0.1, 0.15) is 32.4 Å². The second-order valence-electron chi connectivity index (χ2n) is 4.84. The van der Waals surface area contributed by atoms with E-state index in [0.29, 0.717) is 16.3 Å². The first-order chi connectivity index (χ1) is 8.24. The Hall–Kier alpha value is -1.26. The molecule has 2 N–H and O–H groups in total. The Bertz CT molecular complexity index is 441. The molecule has 4 nitrogen and oxygen atoms in total. The highest BCUT2D eigenvalue weighted by Gasteiger charge is 2.28. The summed E-state index contributed by atoms with van der Waals surface area (Å²) in [5, 5.41) is 19.1. The van der Waals surface area contributed by atoms with Gasteiger partial charge in [-0.15, -0.1) is 0 Å². The molecule has 0 aromatic heterocycles. The van der Waals surface area contributed by atoms with Crippen LogP contribution in [0.15, 0.2) is 18.2 Å². The highest BCUT2D eigenvalue weighted by atomic mass is 35.5. The minimum Gasteiger partial charge on any atom is -0.492 e. The maximum Gasteiger partial charge on any atom is 0.312 e. The van der Waals surface area contributed by atoms with Gasteiger partial charge in [0.2, 0.25) is 0 Å². The molecular weight excluding hydrogens is 256 g/mol. The molecule has 1 unspecified atom stereocenters. The van der Waals surface area contributed by atoms with Crippen LogP contribution < -0.4 is 4.74 Å². The third-order valence-corrected chi connectivity index (χ3v) is 2.82. The molecule has 0 aliphatic carbocycles. The van der Waals surface area contributed by atoms with Crippen molar-refractivity contribution in [1.29, 1.82) is 0 Å². The standard InChI is InChI=1S/C13H17ClO4/c1-8(15)10-6-9(14)4-5-11(10)18-7-13(2,3)12(16)17/h4-6,8,15H,7H2,1-3H3,(H,16,17). The molecule has 0 fully saturated rings. The first-order valence-electron chi connectivity index (χ1n) is 5.58. The van der Waals surface area contributed by atoms with Crippen molar-refractivity contribution in [1.82, 2.24) is 0 Å². The van der Waals surface area contributed by atoms with E-state index in [2.05, 4.69) is 0 Å². The number of carboxylic acid groups (broad SMARTS) is 1. The summed E-state index contributed by atoms with van der Waals surface area (Å²) >= 11 is 5.84. The molecule has 5 heteroatoms. The van der Waals surface area contributed by atoms with E-state index in [-0.39, 0.29) is 6.61 Å². The molecule has 0 aliphatic rings. The van der Waals surface area contributed by atoms with Crippen LogP contribution in [0, 0.1) is 5.41 Å². The average molecular weight is 273 g/mol. The Morgan fingerprint density at radius 1 is 1.50 bits per heavy atom. The fraction of sp³-hybridized carbons (Fsp3) is 0.462. The van der Waals surface area contributed by atoms with E-state index in [9.17, 15) is 9.90 Å². The third-order valence-electron chi connectivity index (χ3n) is 2.59. The highest BCUT2D eigenvalue weighted by Crippen LogP contribution is 2.29. The van der Waals surface area contributed by atoms with Crippen molar-refractivity contribution in [2.24, 2.45) is 5.41 Å². The molecule has 0 aliphatic heterocycles. The van der Waals surface area contributed by atoms with Crippen molar-refractivity contribution in [3.63, 3.8) is 0 Å². The first-order valence-corrected chi connectivity index (χ1v) is 5.95. The maximum absolute atomic E-state index is 11.0. The Labute approximate surface area is 111 Å². The maximum atomic E-state index is 11.0. The fourth-order valence-electron chi connectivity index (χ4n) is 1.30. The normalized spacial score (nSPS) is 13.2. The molecule has 0 radical (unpaired) electrons. The number of rotatable bonds is 5. The van der Waals surface area contributed by atoms with Gasteiger partial charge >= 0.3 is 5.97 Å². The van der Waals surface area contributed by atoms with Crippen molar-refractivity contribution < 1.29 is 19.7 Å². The largest absolute Gasteiger partial charge is 0.492 e. The highest BCUT2D eigenvalue weighted by molar-refractivity contribution is 6.30. The molecular formula is C13H17ClO4. The molecule has 0 heterocycles. The molecule has 0 saturated carbocycles. The van der Waals surface area contributed by atoms with Crippen molar-refractivity contribution in [3.8, 4) is 5.75 Å². The number of aliphatic hydroxyl groups excluding tert-OH is 1. The Kier molecular flexibility index (Phi) is 4.59. The lowest BCUT2D eigenvalue weighted by molar-refractivity contribution is -0.148. The van der Waals surface area contributed by atoms with E-state index >= 15 is 0 Å². The lowest BCUT2D eigenvalue weighted by atomic mass is 9.95. The van der Waals surface area contributed by atoms with Crippen molar-refractivity contribution in [2.45, 2.75) is 26.9 Å². The van der Waals surface area contributed by atoms with E-state index in [1.807, 2.05) is 0 Å². The second-order valence-corrected chi connectivity index (χ2v) is 5.27. The van der Waals surface area contributed by atoms with Gasteiger partial charge in [0.1, 0.15) is 12.4 Å². The van der Waals surface area contributed by atoms with E-state index in [0.717, 1.165) is 0 Å². The van der Waals surface area contributed by atoms with Gasteiger partial charge in [-0.2, -0.15) is 0 Å². The minimum absolute atomic E-state index is 0.0175. The van der Waals surface area contributed by atoms with E-state index < -0.39 is 17.5 Å². The van der Waals surface area contributed by atoms with Gasteiger partial charge in [0.25, 0.3) is 0 Å². The smallest absolute Gasteiger partial charge is 0.312 e. The van der Waals surface area contributed by atoms with Crippen LogP contribution in [-0.2, 0) is 4.79 Å². The molecule has 1 rings (SSSR count). The average Bonchev–Trinajstić information content (AvgIpc) is 2.27. The topological polar surface area (TPSA) is 66.8 Å². The van der Waals surface area contributed by atoms with Gasteiger partial charge in [0, 0.05) is 10.6 Å². The van der Waals surface area contributed by atoms with Crippen molar-refractivity contribution in [3.05, 3.63) is 28.8 Å². The number of benzene rings is 1. The van der Waals surface area contributed by atoms with Crippen LogP contribution >= 0.6 is 11.6 Å². The molecule has 0 saturated heterocycles. The number of carboxylic acids is 1. The van der Waals surface area contributed by atoms with Gasteiger partial charge in [0.15, 0.2) is 0 Å². The summed E-state index contributed by atoms with van der Waals surface area (Å²) in [4.78, 5) is 11.0. The van der Waals surface area contributed by atoms with E-state index in [1.165, 1.54) is 0 Å². The van der Waals surface area contributed by atoms with Crippen LogP contribution in [-0.4, -0.2) is 22.8 Å². The summed E-state index contributed by atoms with van der Waals surface area (Å²) in [7, 11) is 0. The van der Waals surface area contributed by atoms with Crippen LogP contribution in [0.5, 0.6) is 5.75 Å². The molecule has 1 atom stereocenters. The summed E-state index contributed by atoms with van der Waals surface area (Å²) in [5.41, 5.74) is -0.445. The summed E-state index contributed by atoms with van der Waals surface area (Å²) in [5.74, 6) is -0.487. The number of hydrogen-bond acceptors (Lipinski definition) is 3. The molecule has 1 aromatic rings. The molecule has 18 heavy (non-hydrogen) atoms. The van der Waals surface area contributed by atoms with E-state index in [1.54, 1.807) is 39.0 Å². The summed E-state index contributed by atoms with van der Waals surface area (Å²) in [6, 6.07) is 4.87. The number of halogens is 1. The monoisotopic (exact) mass is 272 g/mol. The quantitative estimate of drug-likeness (QED) is 0.865. The zero-order valence-corrected chi connectivity index (χ0v) is 11.4. The van der Waals surface area contributed by atoms with Crippen LogP contribution in [0.25, 0.3) is 0 Å². The number of ether oxygens (including phenoxy) is 1. The zero-order chi connectivity index (χ0) is 13.9. The first kappa shape index (κ1) is 14.8. The Morgan fingerprint density at radius 2 is 2.11 bits per heavy atom. The van der Waals surface area contributed by atoms with Gasteiger partial charge in [0.05, 0.1) is 11.5 Å². The molecule has 0 bridgehead atoms. The molecule has 100 valence electrons. The van der Waals surface area contributed by atoms with Gasteiger partial charge in [-0.25, -0.2) is 0 Å². The third kappa shape index (κ3) is 3.62. The number of aliphatic hydroxyl groups is 1. The lowest BCUT2D eigenvalue weighted by Gasteiger charge is -2.21. The van der Waals surface area contributed by atoms with Gasteiger partial charge in [-0.05, 0) is 39.0 Å². The van der Waals surface area contributed by atoms with Crippen LogP contribution in [0.4, 0.5) is 0 Å². The fourth-order valence-corrected chi connectivity index (χ4v) is 1.48. The lowest BCUT2D eigenvalue weighted by Crippen LogP contribution is -2.30. The van der Waals surface area contributed by atoms with Gasteiger partial charge < -0.3 is 14.9 Å². The molecule has 1 aromatic carbocycles. The summed E-state index contributed by atoms with van der Waals surface area (Å²) in [6.45, 7) is 4.77. The van der Waals surface area contributed by atoms with Crippen LogP contribution in [0.2, 0.25) is 5.02 Å². The summed E-state index contributed by atoms with van der Waals surface area (Å²) in [6.07, 6.45) is -0.730. The SMILES string of the molecule is CC(O)c1cc(Cl)ccc1OCC(C)(C)C(=O)O. The second kappa shape index (κ2) is 5.59. The van der Waals surface area contributed by atoms with E-state index in [4.69, 9.17) is 21.4 Å². The molecule has 0 amide bonds. The molecule has 0 spiro atoms. The summed E-state index contributed by atoms with van der Waals surface area (Å²) < 4.78 is 5.48. The van der Waals surface area contributed by atoms with Gasteiger partial charge in [-0.1, -0.05) is 11.6 Å². The number of carbonyl (C=O) groups is 1. The number of hydrogen-bond donors (Lipinski definition) is 2. The number of aliphatic carboxylic acids is 1. The van der Waals surface area contributed by atoms with Gasteiger partial charge in [-0.3, -0.25) is 4.79 Å². The van der Waals surface area contributed by atoms with Crippen molar-refractivity contribution in [2.75, 3.05) is 6.61 Å². The minimum atomic E-state index is -0.990. The Morgan fingerprint density at radius 3 is 2.61 bits per heavy atom. The Balaban J connectivity index is 2.88.